The summed E-state index contributed by atoms with van der Waals surface area (Å²) in [5.74, 6) is 1.23. The second-order valence-electron chi connectivity index (χ2n) is 5.60. The van der Waals surface area contributed by atoms with Gasteiger partial charge in [-0.05, 0) is 36.7 Å². The third-order valence-corrected chi connectivity index (χ3v) is 4.14. The summed E-state index contributed by atoms with van der Waals surface area (Å²) in [6.45, 7) is 2.27. The zero-order chi connectivity index (χ0) is 13.6. The Balaban J connectivity index is 1.72. The molecule has 3 atom stereocenters. The van der Waals surface area contributed by atoms with Crippen molar-refractivity contribution in [1.82, 2.24) is 15.1 Å². The standard InChI is InChI=1S/C14H18FN3O/c1-8(19)16-6-9-5-11(9)10-3-4-13(15)14-12(10)7-18(2)17-14/h4,7,9-11H,3,5-6H2,1-2H3,(H,16,19). The van der Waals surface area contributed by atoms with E-state index in [-0.39, 0.29) is 11.7 Å². The van der Waals surface area contributed by atoms with E-state index in [0.717, 1.165) is 24.9 Å². The van der Waals surface area contributed by atoms with Crippen molar-refractivity contribution < 1.29 is 9.18 Å². The molecule has 0 spiro atoms. The topological polar surface area (TPSA) is 46.9 Å². The third-order valence-electron chi connectivity index (χ3n) is 4.14. The van der Waals surface area contributed by atoms with Gasteiger partial charge in [-0.3, -0.25) is 9.48 Å². The minimum Gasteiger partial charge on any atom is -0.356 e. The molecule has 1 fully saturated rings. The van der Waals surface area contributed by atoms with E-state index >= 15 is 0 Å². The van der Waals surface area contributed by atoms with E-state index in [1.165, 1.54) is 6.92 Å². The number of hydrogen-bond acceptors (Lipinski definition) is 2. The van der Waals surface area contributed by atoms with Crippen molar-refractivity contribution in [3.05, 3.63) is 23.5 Å². The quantitative estimate of drug-likeness (QED) is 0.906. The van der Waals surface area contributed by atoms with Gasteiger partial charge < -0.3 is 5.32 Å². The summed E-state index contributed by atoms with van der Waals surface area (Å²) in [4.78, 5) is 10.9. The summed E-state index contributed by atoms with van der Waals surface area (Å²) in [7, 11) is 1.82. The Morgan fingerprint density at radius 3 is 3.16 bits per heavy atom. The van der Waals surface area contributed by atoms with Gasteiger partial charge >= 0.3 is 0 Å². The van der Waals surface area contributed by atoms with Crippen molar-refractivity contribution in [1.29, 1.82) is 0 Å². The van der Waals surface area contributed by atoms with Crippen molar-refractivity contribution in [3.8, 4) is 0 Å². The van der Waals surface area contributed by atoms with Gasteiger partial charge in [0.2, 0.25) is 5.91 Å². The van der Waals surface area contributed by atoms with E-state index in [2.05, 4.69) is 10.4 Å². The molecule has 4 nitrogen and oxygen atoms in total. The van der Waals surface area contributed by atoms with Gasteiger partial charge in [0.05, 0.1) is 0 Å². The molecule has 3 unspecified atom stereocenters. The SMILES string of the molecule is CC(=O)NCC1CC1C1CC=C(F)c2nn(C)cc21. The summed E-state index contributed by atoms with van der Waals surface area (Å²) in [5.41, 5.74) is 1.53. The maximum Gasteiger partial charge on any atom is 0.216 e. The van der Waals surface area contributed by atoms with Gasteiger partial charge in [0.15, 0.2) is 0 Å². The van der Waals surface area contributed by atoms with E-state index < -0.39 is 0 Å². The number of rotatable bonds is 3. The third kappa shape index (κ3) is 2.29. The number of aryl methyl sites for hydroxylation is 1. The van der Waals surface area contributed by atoms with Crippen LogP contribution in [-0.4, -0.2) is 22.2 Å². The molecular weight excluding hydrogens is 245 g/mol. The van der Waals surface area contributed by atoms with Gasteiger partial charge in [0, 0.05) is 32.3 Å². The van der Waals surface area contributed by atoms with Gasteiger partial charge in [-0.2, -0.15) is 5.10 Å². The molecule has 2 aliphatic carbocycles. The Kier molecular flexibility index (Phi) is 2.92. The Hall–Kier alpha value is -1.65. The molecule has 0 aliphatic heterocycles. The largest absolute Gasteiger partial charge is 0.356 e. The van der Waals surface area contributed by atoms with Crippen LogP contribution in [0.15, 0.2) is 12.3 Å². The number of nitrogens with zero attached hydrogens (tertiary/aromatic N) is 2. The second kappa shape index (κ2) is 4.47. The van der Waals surface area contributed by atoms with Crippen LogP contribution in [0.2, 0.25) is 0 Å². The first-order valence-corrected chi connectivity index (χ1v) is 6.70. The van der Waals surface area contributed by atoms with Crippen molar-refractivity contribution in [2.45, 2.75) is 25.7 Å². The average molecular weight is 263 g/mol. The number of amides is 1. The van der Waals surface area contributed by atoms with E-state index in [9.17, 15) is 9.18 Å². The molecule has 1 heterocycles. The molecule has 5 heteroatoms. The lowest BCUT2D eigenvalue weighted by Gasteiger charge is -2.19. The van der Waals surface area contributed by atoms with E-state index in [1.807, 2.05) is 13.2 Å². The Labute approximate surface area is 111 Å². The minimum absolute atomic E-state index is 0.0160. The van der Waals surface area contributed by atoms with Crippen LogP contribution in [0.3, 0.4) is 0 Å². The number of nitrogens with one attached hydrogen (secondary N) is 1. The number of aromatic nitrogens is 2. The second-order valence-corrected chi connectivity index (χ2v) is 5.60. The predicted molar refractivity (Wildman–Crippen MR) is 69.9 cm³/mol. The smallest absolute Gasteiger partial charge is 0.216 e. The fourth-order valence-corrected chi connectivity index (χ4v) is 3.10. The normalized spacial score (nSPS) is 28.6. The Bertz CT molecular complexity index is 549. The Morgan fingerprint density at radius 2 is 2.42 bits per heavy atom. The van der Waals surface area contributed by atoms with E-state index in [1.54, 1.807) is 10.8 Å². The summed E-state index contributed by atoms with van der Waals surface area (Å²) in [6.07, 6.45) is 5.43. The molecular formula is C14H18FN3O. The van der Waals surface area contributed by atoms with Gasteiger partial charge in [-0.15, -0.1) is 0 Å². The lowest BCUT2D eigenvalue weighted by atomic mass is 9.86. The molecule has 1 amide bonds. The van der Waals surface area contributed by atoms with Crippen molar-refractivity contribution in [2.24, 2.45) is 18.9 Å². The molecule has 0 aromatic carbocycles. The summed E-state index contributed by atoms with van der Waals surface area (Å²) < 4.78 is 15.4. The lowest BCUT2D eigenvalue weighted by Crippen LogP contribution is -2.23. The fourth-order valence-electron chi connectivity index (χ4n) is 3.10. The molecule has 0 saturated heterocycles. The first-order chi connectivity index (χ1) is 9.06. The molecule has 2 aliphatic rings. The molecule has 1 saturated carbocycles. The van der Waals surface area contributed by atoms with Crippen LogP contribution in [0, 0.1) is 11.8 Å². The summed E-state index contributed by atoms with van der Waals surface area (Å²) in [6, 6.07) is 0. The highest BCUT2D eigenvalue weighted by Gasteiger charge is 2.45. The van der Waals surface area contributed by atoms with Crippen LogP contribution in [0.5, 0.6) is 0 Å². The average Bonchev–Trinajstić information content (AvgIpc) is 3.00. The van der Waals surface area contributed by atoms with E-state index in [4.69, 9.17) is 0 Å². The van der Waals surface area contributed by atoms with Gasteiger partial charge in [0.1, 0.15) is 11.5 Å². The zero-order valence-electron chi connectivity index (χ0n) is 11.2. The van der Waals surface area contributed by atoms with E-state index in [0.29, 0.717) is 23.4 Å². The van der Waals surface area contributed by atoms with Crippen LogP contribution >= 0.6 is 0 Å². The molecule has 1 N–H and O–H groups in total. The highest BCUT2D eigenvalue weighted by atomic mass is 19.1. The molecule has 1 aromatic heterocycles. The highest BCUT2D eigenvalue weighted by Crippen LogP contribution is 2.52. The first-order valence-electron chi connectivity index (χ1n) is 6.70. The first kappa shape index (κ1) is 12.4. The molecule has 19 heavy (non-hydrogen) atoms. The zero-order valence-corrected chi connectivity index (χ0v) is 11.2. The lowest BCUT2D eigenvalue weighted by molar-refractivity contribution is -0.119. The molecule has 102 valence electrons. The predicted octanol–water partition coefficient (Wildman–Crippen LogP) is 1.99. The van der Waals surface area contributed by atoms with Crippen molar-refractivity contribution in [3.63, 3.8) is 0 Å². The monoisotopic (exact) mass is 263 g/mol. The maximum absolute atomic E-state index is 13.7. The molecule has 0 bridgehead atoms. The van der Waals surface area contributed by atoms with Crippen molar-refractivity contribution >= 4 is 11.7 Å². The van der Waals surface area contributed by atoms with Gasteiger partial charge in [0.25, 0.3) is 0 Å². The number of hydrogen-bond donors (Lipinski definition) is 1. The van der Waals surface area contributed by atoms with Gasteiger partial charge in [-0.25, -0.2) is 4.39 Å². The van der Waals surface area contributed by atoms with Crippen LogP contribution in [0.4, 0.5) is 4.39 Å². The number of halogens is 1. The van der Waals surface area contributed by atoms with Crippen LogP contribution < -0.4 is 5.32 Å². The molecule has 0 radical (unpaired) electrons. The number of fused-ring (bicyclic) bond motifs is 1. The molecule has 3 rings (SSSR count). The maximum atomic E-state index is 13.7. The van der Waals surface area contributed by atoms with Gasteiger partial charge in [-0.1, -0.05) is 0 Å². The van der Waals surface area contributed by atoms with Crippen LogP contribution in [0.1, 0.15) is 36.9 Å². The van der Waals surface area contributed by atoms with Crippen LogP contribution in [0.25, 0.3) is 5.83 Å². The number of carbonyl (C=O) groups is 1. The van der Waals surface area contributed by atoms with Crippen LogP contribution in [-0.2, 0) is 11.8 Å². The summed E-state index contributed by atoms with van der Waals surface area (Å²) in [5, 5.41) is 7.06. The number of carbonyl (C=O) groups excluding carboxylic acids is 1. The number of allylic oxidation sites excluding steroid dienone is 1. The molecule has 1 aromatic rings. The Morgan fingerprint density at radius 1 is 1.63 bits per heavy atom. The van der Waals surface area contributed by atoms with Crippen molar-refractivity contribution in [2.75, 3.05) is 6.54 Å². The highest BCUT2D eigenvalue weighted by molar-refractivity contribution is 5.72. The fraction of sp³-hybridized carbons (Fsp3) is 0.571. The minimum atomic E-state index is -0.203. The summed E-state index contributed by atoms with van der Waals surface area (Å²) >= 11 is 0.